The van der Waals surface area contributed by atoms with E-state index in [9.17, 15) is 4.79 Å². The topological polar surface area (TPSA) is 49.6 Å². The van der Waals surface area contributed by atoms with Gasteiger partial charge in [0.05, 0.1) is 0 Å². The summed E-state index contributed by atoms with van der Waals surface area (Å²) in [6.07, 6.45) is 1.37. The minimum absolute atomic E-state index is 0.139. The van der Waals surface area contributed by atoms with Gasteiger partial charge in [0.25, 0.3) is 0 Å². The van der Waals surface area contributed by atoms with Gasteiger partial charge in [0.2, 0.25) is 5.91 Å². The van der Waals surface area contributed by atoms with Crippen molar-refractivity contribution in [2.45, 2.75) is 38.4 Å². The molecule has 0 spiro atoms. The van der Waals surface area contributed by atoms with Crippen LogP contribution in [0.1, 0.15) is 36.9 Å². The summed E-state index contributed by atoms with van der Waals surface area (Å²) in [5.41, 5.74) is 8.62. The fraction of sp³-hybridized carbons (Fsp3) is 0.435. The van der Waals surface area contributed by atoms with Crippen LogP contribution in [-0.2, 0) is 11.3 Å². The molecule has 2 aromatic carbocycles. The van der Waals surface area contributed by atoms with Crippen LogP contribution in [0.4, 0.5) is 0 Å². The van der Waals surface area contributed by atoms with Gasteiger partial charge in [0.15, 0.2) is 0 Å². The molecule has 2 N–H and O–H groups in total. The number of hydrogen-bond donors (Lipinski definition) is 1. The third kappa shape index (κ3) is 5.18. The Morgan fingerprint density at radius 1 is 1.15 bits per heavy atom. The van der Waals surface area contributed by atoms with Gasteiger partial charge >= 0.3 is 0 Å². The third-order valence-corrected chi connectivity index (χ3v) is 5.71. The molecule has 1 aliphatic rings. The molecule has 4 nitrogen and oxygen atoms in total. The predicted molar refractivity (Wildman–Crippen MR) is 110 cm³/mol. The van der Waals surface area contributed by atoms with Crippen molar-refractivity contribution in [2.24, 2.45) is 11.7 Å². The van der Waals surface area contributed by atoms with E-state index in [1.807, 2.05) is 42.3 Å². The minimum atomic E-state index is -0.241. The van der Waals surface area contributed by atoms with Crippen molar-refractivity contribution in [3.8, 4) is 0 Å². The Labute approximate surface area is 163 Å². The van der Waals surface area contributed by atoms with Crippen LogP contribution in [0.2, 0.25) is 0 Å². The maximum absolute atomic E-state index is 12.8. The number of carbonyl (C=O) groups is 1. The number of hydrogen-bond acceptors (Lipinski definition) is 3. The highest BCUT2D eigenvalue weighted by Crippen LogP contribution is 2.24. The van der Waals surface area contributed by atoms with E-state index < -0.39 is 0 Å². The Bertz CT molecular complexity index is 719. The quantitative estimate of drug-likeness (QED) is 0.853. The minimum Gasteiger partial charge on any atom is -0.342 e. The van der Waals surface area contributed by atoms with Crippen molar-refractivity contribution < 1.29 is 4.79 Å². The summed E-state index contributed by atoms with van der Waals surface area (Å²) in [6, 6.07) is 20.5. The number of benzene rings is 2. The molecule has 3 atom stereocenters. The molecule has 0 aliphatic carbocycles. The smallest absolute Gasteiger partial charge is 0.224 e. The molecule has 0 saturated carbocycles. The Kier molecular flexibility index (Phi) is 6.64. The second kappa shape index (κ2) is 9.16. The lowest BCUT2D eigenvalue weighted by atomic mass is 9.91. The number of nitrogens with zero attached hydrogens (tertiary/aromatic N) is 2. The van der Waals surface area contributed by atoms with Gasteiger partial charge < -0.3 is 10.6 Å². The molecule has 0 unspecified atom stereocenters. The highest BCUT2D eigenvalue weighted by atomic mass is 16.2. The van der Waals surface area contributed by atoms with E-state index in [1.165, 1.54) is 5.56 Å². The normalized spacial score (nSPS) is 21.6. The maximum atomic E-state index is 12.8. The lowest BCUT2D eigenvalue weighted by molar-refractivity contribution is -0.134. The highest BCUT2D eigenvalue weighted by molar-refractivity contribution is 5.77. The Balaban J connectivity index is 1.53. The Morgan fingerprint density at radius 3 is 2.41 bits per heavy atom. The fourth-order valence-corrected chi connectivity index (χ4v) is 4.12. The SMILES string of the molecule is C[C@@H]1CN(Cc2ccccc2)CC[C@H]1N(C)C(=O)C[C@@H](N)c1ccccc1. The van der Waals surface area contributed by atoms with Crippen LogP contribution in [0, 0.1) is 5.92 Å². The lowest BCUT2D eigenvalue weighted by Gasteiger charge is -2.41. The molecule has 27 heavy (non-hydrogen) atoms. The average Bonchev–Trinajstić information content (AvgIpc) is 2.69. The monoisotopic (exact) mass is 365 g/mol. The second-order valence-electron chi connectivity index (χ2n) is 7.78. The summed E-state index contributed by atoms with van der Waals surface area (Å²) < 4.78 is 0. The summed E-state index contributed by atoms with van der Waals surface area (Å²) in [7, 11) is 1.94. The van der Waals surface area contributed by atoms with Crippen LogP contribution >= 0.6 is 0 Å². The summed E-state index contributed by atoms with van der Waals surface area (Å²) in [4.78, 5) is 17.2. The molecule has 0 radical (unpaired) electrons. The zero-order valence-corrected chi connectivity index (χ0v) is 16.4. The first-order valence-corrected chi connectivity index (χ1v) is 9.87. The molecule has 1 heterocycles. The number of nitrogens with two attached hydrogens (primary N) is 1. The summed E-state index contributed by atoms with van der Waals surface area (Å²) >= 11 is 0. The zero-order chi connectivity index (χ0) is 19.2. The first-order valence-electron chi connectivity index (χ1n) is 9.87. The standard InChI is InChI=1S/C23H31N3O/c1-18-16-26(17-19-9-5-3-6-10-19)14-13-22(18)25(2)23(27)15-21(24)20-11-7-4-8-12-20/h3-12,18,21-22H,13-17,24H2,1-2H3/t18-,21-,22-/m1/s1. The lowest BCUT2D eigenvalue weighted by Crippen LogP contribution is -2.50. The van der Waals surface area contributed by atoms with Gasteiger partial charge in [0, 0.05) is 45.2 Å². The van der Waals surface area contributed by atoms with Gasteiger partial charge in [-0.1, -0.05) is 67.6 Å². The molecule has 1 saturated heterocycles. The number of piperidine rings is 1. The molecule has 0 aromatic heterocycles. The van der Waals surface area contributed by atoms with Crippen LogP contribution in [0.5, 0.6) is 0 Å². The zero-order valence-electron chi connectivity index (χ0n) is 16.4. The van der Waals surface area contributed by atoms with Crippen molar-refractivity contribution >= 4 is 5.91 Å². The largest absolute Gasteiger partial charge is 0.342 e. The summed E-state index contributed by atoms with van der Waals surface area (Å²) in [5, 5.41) is 0. The Hall–Kier alpha value is -2.17. The van der Waals surface area contributed by atoms with Crippen molar-refractivity contribution in [1.82, 2.24) is 9.80 Å². The summed E-state index contributed by atoms with van der Waals surface area (Å²) in [5.74, 6) is 0.587. The third-order valence-electron chi connectivity index (χ3n) is 5.71. The van der Waals surface area contributed by atoms with Crippen molar-refractivity contribution in [3.63, 3.8) is 0 Å². The van der Waals surface area contributed by atoms with Gasteiger partial charge in [0.1, 0.15) is 0 Å². The van der Waals surface area contributed by atoms with E-state index in [1.54, 1.807) is 0 Å². The average molecular weight is 366 g/mol. The van der Waals surface area contributed by atoms with Crippen LogP contribution in [-0.4, -0.2) is 41.9 Å². The predicted octanol–water partition coefficient (Wildman–Crippen LogP) is 3.45. The molecule has 2 aromatic rings. The maximum Gasteiger partial charge on any atom is 0.224 e. The fourth-order valence-electron chi connectivity index (χ4n) is 4.12. The first kappa shape index (κ1) is 19.6. The van der Waals surface area contributed by atoms with Crippen LogP contribution in [0.25, 0.3) is 0 Å². The highest BCUT2D eigenvalue weighted by Gasteiger charge is 2.31. The summed E-state index contributed by atoms with van der Waals surface area (Å²) in [6.45, 7) is 5.27. The molecular formula is C23H31N3O. The van der Waals surface area contributed by atoms with E-state index in [2.05, 4.69) is 42.2 Å². The molecule has 1 amide bonds. The number of amides is 1. The second-order valence-corrected chi connectivity index (χ2v) is 7.78. The van der Waals surface area contributed by atoms with Gasteiger partial charge in [-0.2, -0.15) is 0 Å². The molecule has 1 aliphatic heterocycles. The molecule has 1 fully saturated rings. The van der Waals surface area contributed by atoms with Crippen LogP contribution in [0.3, 0.4) is 0 Å². The van der Waals surface area contributed by atoms with Crippen molar-refractivity contribution in [1.29, 1.82) is 0 Å². The Morgan fingerprint density at radius 2 is 1.78 bits per heavy atom. The van der Waals surface area contributed by atoms with Crippen LogP contribution < -0.4 is 5.73 Å². The van der Waals surface area contributed by atoms with Crippen LogP contribution in [0.15, 0.2) is 60.7 Å². The number of likely N-dealkylation sites (tertiary alicyclic amines) is 1. The number of rotatable bonds is 6. The molecule has 144 valence electrons. The van der Waals surface area contributed by atoms with Gasteiger partial charge in [-0.05, 0) is 23.5 Å². The van der Waals surface area contributed by atoms with Crippen molar-refractivity contribution in [3.05, 3.63) is 71.8 Å². The first-order chi connectivity index (χ1) is 13.0. The molecule has 4 heteroatoms. The van der Waals surface area contributed by atoms with Gasteiger partial charge in [-0.3, -0.25) is 9.69 Å². The van der Waals surface area contributed by atoms with Gasteiger partial charge in [-0.15, -0.1) is 0 Å². The van der Waals surface area contributed by atoms with E-state index in [0.717, 1.165) is 31.6 Å². The van der Waals surface area contributed by atoms with E-state index >= 15 is 0 Å². The van der Waals surface area contributed by atoms with Crippen molar-refractivity contribution in [2.75, 3.05) is 20.1 Å². The van der Waals surface area contributed by atoms with E-state index in [-0.39, 0.29) is 18.0 Å². The molecule has 0 bridgehead atoms. The van der Waals surface area contributed by atoms with E-state index in [0.29, 0.717) is 12.3 Å². The number of carbonyl (C=O) groups excluding carboxylic acids is 1. The molecule has 3 rings (SSSR count). The van der Waals surface area contributed by atoms with Gasteiger partial charge in [-0.25, -0.2) is 0 Å². The molecular weight excluding hydrogens is 334 g/mol. The van der Waals surface area contributed by atoms with E-state index in [4.69, 9.17) is 5.73 Å².